The highest BCUT2D eigenvalue weighted by Gasteiger charge is 2.37. The van der Waals surface area contributed by atoms with E-state index in [0.717, 1.165) is 11.4 Å². The third-order valence-corrected chi connectivity index (χ3v) is 4.33. The fourth-order valence-corrected chi connectivity index (χ4v) is 3.13. The second kappa shape index (κ2) is 6.87. The Morgan fingerprint density at radius 3 is 2.78 bits per heavy atom. The molecule has 5 nitrogen and oxygen atoms in total. The standard InChI is InChI=1S/C18H21N3O2/c1-13-6-7-14(9-20-13)18(22)21-10-15(12-23-2)16(11-21)17-5-3-4-8-19-17/h3-9,15-16H,10-12H2,1-2H3/t15-,16+/m0/s1. The monoisotopic (exact) mass is 311 g/mol. The minimum atomic E-state index is 0.0250. The van der Waals surface area contributed by atoms with Crippen molar-refractivity contribution in [2.75, 3.05) is 26.8 Å². The fraction of sp³-hybridized carbons (Fsp3) is 0.389. The van der Waals surface area contributed by atoms with Gasteiger partial charge in [0, 0.05) is 55.8 Å². The van der Waals surface area contributed by atoms with E-state index in [1.807, 2.05) is 42.2 Å². The van der Waals surface area contributed by atoms with Gasteiger partial charge < -0.3 is 9.64 Å². The van der Waals surface area contributed by atoms with Gasteiger partial charge in [-0.15, -0.1) is 0 Å². The number of pyridine rings is 2. The van der Waals surface area contributed by atoms with Crippen LogP contribution in [0.2, 0.25) is 0 Å². The fourth-order valence-electron chi connectivity index (χ4n) is 3.13. The maximum absolute atomic E-state index is 12.7. The van der Waals surface area contributed by atoms with Gasteiger partial charge in [0.25, 0.3) is 5.91 Å². The Hall–Kier alpha value is -2.27. The number of carbonyl (C=O) groups is 1. The largest absolute Gasteiger partial charge is 0.384 e. The molecular formula is C18H21N3O2. The van der Waals surface area contributed by atoms with Crippen LogP contribution in [-0.4, -0.2) is 47.6 Å². The Labute approximate surface area is 136 Å². The van der Waals surface area contributed by atoms with Gasteiger partial charge >= 0.3 is 0 Å². The Kier molecular flexibility index (Phi) is 4.67. The van der Waals surface area contributed by atoms with Crippen molar-refractivity contribution in [2.24, 2.45) is 5.92 Å². The summed E-state index contributed by atoms with van der Waals surface area (Å²) in [5.74, 6) is 0.493. The van der Waals surface area contributed by atoms with Gasteiger partial charge in [-0.05, 0) is 31.2 Å². The van der Waals surface area contributed by atoms with Crippen LogP contribution in [0.5, 0.6) is 0 Å². The summed E-state index contributed by atoms with van der Waals surface area (Å²) in [5.41, 5.74) is 2.56. The van der Waals surface area contributed by atoms with Crippen molar-refractivity contribution in [1.29, 1.82) is 0 Å². The molecule has 0 N–H and O–H groups in total. The zero-order chi connectivity index (χ0) is 16.2. The number of carbonyl (C=O) groups excluding carboxylic acids is 1. The Bertz CT molecular complexity index is 658. The van der Waals surface area contributed by atoms with Gasteiger partial charge in [0.05, 0.1) is 12.2 Å². The molecule has 2 aromatic rings. The number of likely N-dealkylation sites (tertiary alicyclic amines) is 1. The van der Waals surface area contributed by atoms with E-state index in [1.165, 1.54) is 0 Å². The summed E-state index contributed by atoms with van der Waals surface area (Å²) < 4.78 is 5.35. The third kappa shape index (κ3) is 3.40. The van der Waals surface area contributed by atoms with E-state index in [0.29, 0.717) is 25.3 Å². The number of aromatic nitrogens is 2. The van der Waals surface area contributed by atoms with Crippen LogP contribution in [0.3, 0.4) is 0 Å². The van der Waals surface area contributed by atoms with Gasteiger partial charge in [0.2, 0.25) is 0 Å². The van der Waals surface area contributed by atoms with Crippen molar-refractivity contribution >= 4 is 5.91 Å². The SMILES string of the molecule is COC[C@@H]1CN(C(=O)c2ccc(C)nc2)C[C@H]1c1ccccn1. The second-order valence-corrected chi connectivity index (χ2v) is 5.97. The van der Waals surface area contributed by atoms with Gasteiger partial charge in [-0.25, -0.2) is 0 Å². The lowest BCUT2D eigenvalue weighted by Crippen LogP contribution is -2.29. The molecule has 0 spiro atoms. The quantitative estimate of drug-likeness (QED) is 0.869. The highest BCUT2D eigenvalue weighted by molar-refractivity contribution is 5.94. The Morgan fingerprint density at radius 1 is 1.26 bits per heavy atom. The molecule has 0 bridgehead atoms. The van der Waals surface area contributed by atoms with Gasteiger partial charge in [-0.3, -0.25) is 14.8 Å². The second-order valence-electron chi connectivity index (χ2n) is 5.97. The number of amides is 1. The first-order valence-corrected chi connectivity index (χ1v) is 7.81. The summed E-state index contributed by atoms with van der Waals surface area (Å²) in [4.78, 5) is 23.3. The number of rotatable bonds is 4. The van der Waals surface area contributed by atoms with Crippen molar-refractivity contribution in [2.45, 2.75) is 12.8 Å². The maximum atomic E-state index is 12.7. The van der Waals surface area contributed by atoms with Crippen molar-refractivity contribution in [3.8, 4) is 0 Å². The predicted molar refractivity (Wildman–Crippen MR) is 87.2 cm³/mol. The van der Waals surface area contributed by atoms with Crippen LogP contribution in [0.4, 0.5) is 0 Å². The van der Waals surface area contributed by atoms with Crippen LogP contribution in [0, 0.1) is 12.8 Å². The summed E-state index contributed by atoms with van der Waals surface area (Å²) in [7, 11) is 1.70. The third-order valence-electron chi connectivity index (χ3n) is 4.33. The molecule has 1 saturated heterocycles. The van der Waals surface area contributed by atoms with Crippen LogP contribution >= 0.6 is 0 Å². The minimum Gasteiger partial charge on any atom is -0.384 e. The first-order chi connectivity index (χ1) is 11.2. The molecule has 23 heavy (non-hydrogen) atoms. The molecule has 0 unspecified atom stereocenters. The molecule has 2 atom stereocenters. The average molecular weight is 311 g/mol. The number of hydrogen-bond acceptors (Lipinski definition) is 4. The van der Waals surface area contributed by atoms with Gasteiger partial charge in [0.15, 0.2) is 0 Å². The summed E-state index contributed by atoms with van der Waals surface area (Å²) in [6.07, 6.45) is 3.45. The Morgan fingerprint density at radius 2 is 2.13 bits per heavy atom. The summed E-state index contributed by atoms with van der Waals surface area (Å²) in [6.45, 7) is 3.88. The summed E-state index contributed by atoms with van der Waals surface area (Å²) in [6, 6.07) is 9.62. The van der Waals surface area contributed by atoms with Gasteiger partial charge in [0.1, 0.15) is 0 Å². The molecule has 0 radical (unpaired) electrons. The van der Waals surface area contributed by atoms with E-state index in [4.69, 9.17) is 4.74 Å². The zero-order valence-corrected chi connectivity index (χ0v) is 13.5. The number of aryl methyl sites for hydroxylation is 1. The molecule has 120 valence electrons. The highest BCUT2D eigenvalue weighted by atomic mass is 16.5. The van der Waals surface area contributed by atoms with Crippen molar-refractivity contribution in [3.63, 3.8) is 0 Å². The number of nitrogens with zero attached hydrogens (tertiary/aromatic N) is 3. The number of ether oxygens (including phenoxy) is 1. The summed E-state index contributed by atoms with van der Waals surface area (Å²) >= 11 is 0. The number of hydrogen-bond donors (Lipinski definition) is 0. The van der Waals surface area contributed by atoms with Crippen LogP contribution in [-0.2, 0) is 4.74 Å². The van der Waals surface area contributed by atoms with Crippen molar-refractivity contribution in [1.82, 2.24) is 14.9 Å². The lowest BCUT2D eigenvalue weighted by atomic mass is 9.93. The first-order valence-electron chi connectivity index (χ1n) is 7.81. The van der Waals surface area contributed by atoms with Crippen LogP contribution < -0.4 is 0 Å². The molecular weight excluding hydrogens is 290 g/mol. The molecule has 0 saturated carbocycles. The lowest BCUT2D eigenvalue weighted by Gasteiger charge is -2.16. The molecule has 1 aliphatic heterocycles. The topological polar surface area (TPSA) is 55.3 Å². The maximum Gasteiger partial charge on any atom is 0.255 e. The van der Waals surface area contributed by atoms with Crippen LogP contribution in [0.15, 0.2) is 42.7 Å². The minimum absolute atomic E-state index is 0.0250. The van der Waals surface area contributed by atoms with E-state index in [2.05, 4.69) is 9.97 Å². The molecule has 0 aliphatic carbocycles. The smallest absolute Gasteiger partial charge is 0.255 e. The number of methoxy groups -OCH3 is 1. The molecule has 3 rings (SSSR count). The van der Waals surface area contributed by atoms with Crippen molar-refractivity contribution < 1.29 is 9.53 Å². The molecule has 0 aromatic carbocycles. The zero-order valence-electron chi connectivity index (χ0n) is 13.5. The summed E-state index contributed by atoms with van der Waals surface area (Å²) in [5, 5.41) is 0. The molecule has 5 heteroatoms. The van der Waals surface area contributed by atoms with Gasteiger partial charge in [-0.2, -0.15) is 0 Å². The van der Waals surface area contributed by atoms with E-state index in [1.54, 1.807) is 19.5 Å². The van der Waals surface area contributed by atoms with E-state index >= 15 is 0 Å². The van der Waals surface area contributed by atoms with E-state index in [-0.39, 0.29) is 17.7 Å². The molecule has 2 aromatic heterocycles. The lowest BCUT2D eigenvalue weighted by molar-refractivity contribution is 0.0775. The highest BCUT2D eigenvalue weighted by Crippen LogP contribution is 2.32. The van der Waals surface area contributed by atoms with E-state index < -0.39 is 0 Å². The molecule has 1 aliphatic rings. The average Bonchev–Trinajstić information content (AvgIpc) is 3.00. The Balaban J connectivity index is 1.79. The van der Waals surface area contributed by atoms with Gasteiger partial charge in [-0.1, -0.05) is 6.07 Å². The van der Waals surface area contributed by atoms with Crippen LogP contribution in [0.25, 0.3) is 0 Å². The molecule has 1 fully saturated rings. The first kappa shape index (κ1) is 15.6. The normalized spacial score (nSPS) is 20.7. The van der Waals surface area contributed by atoms with Crippen LogP contribution in [0.1, 0.15) is 27.7 Å². The molecule has 1 amide bonds. The molecule has 3 heterocycles. The van der Waals surface area contributed by atoms with E-state index in [9.17, 15) is 4.79 Å². The van der Waals surface area contributed by atoms with Crippen molar-refractivity contribution in [3.05, 3.63) is 59.7 Å². The predicted octanol–water partition coefficient (Wildman–Crippen LogP) is 2.29.